The van der Waals surface area contributed by atoms with Crippen LogP contribution >= 0.6 is 0 Å². The molecule has 2 aromatic carbocycles. The average molecular weight is 375 g/mol. The second-order valence-electron chi connectivity index (χ2n) is 6.43. The van der Waals surface area contributed by atoms with Crippen LogP contribution in [0.5, 0.6) is 0 Å². The zero-order valence-corrected chi connectivity index (χ0v) is 15.5. The largest absolute Gasteiger partial charge is 0.295 e. The van der Waals surface area contributed by atoms with E-state index in [4.69, 9.17) is 0 Å². The molecular weight excluding hydrogens is 353 g/mol. The van der Waals surface area contributed by atoms with E-state index in [2.05, 4.69) is 21.2 Å². The molecule has 1 atom stereocenters. The standard InChI is InChI=1S/C20H22FNO3S/c1-25-26(23,24)15-18-14-22(13-16-5-3-2-4-6-16)12-11-20(18)17-7-9-19(21)10-8-17/h2-11,18H,12-15H2,1H3. The summed E-state index contributed by atoms with van der Waals surface area (Å²) in [6.45, 7) is 2.06. The van der Waals surface area contributed by atoms with Gasteiger partial charge in [-0.15, -0.1) is 0 Å². The zero-order chi connectivity index (χ0) is 18.6. The van der Waals surface area contributed by atoms with E-state index in [1.54, 1.807) is 12.1 Å². The van der Waals surface area contributed by atoms with Crippen LogP contribution in [0.25, 0.3) is 5.57 Å². The maximum absolute atomic E-state index is 13.2. The zero-order valence-electron chi connectivity index (χ0n) is 14.6. The van der Waals surface area contributed by atoms with Crippen LogP contribution in [0.3, 0.4) is 0 Å². The van der Waals surface area contributed by atoms with Gasteiger partial charge in [0.05, 0.1) is 12.9 Å². The average Bonchev–Trinajstić information content (AvgIpc) is 2.63. The molecule has 0 spiro atoms. The van der Waals surface area contributed by atoms with Gasteiger partial charge in [0.2, 0.25) is 0 Å². The lowest BCUT2D eigenvalue weighted by atomic mass is 9.90. The second kappa shape index (κ2) is 8.12. The molecule has 1 heterocycles. The molecule has 0 amide bonds. The van der Waals surface area contributed by atoms with Gasteiger partial charge in [0.15, 0.2) is 0 Å². The number of halogens is 1. The van der Waals surface area contributed by atoms with Crippen molar-refractivity contribution in [2.75, 3.05) is 26.0 Å². The summed E-state index contributed by atoms with van der Waals surface area (Å²) in [7, 11) is -2.42. The molecule has 1 aliphatic heterocycles. The summed E-state index contributed by atoms with van der Waals surface area (Å²) in [4.78, 5) is 2.21. The smallest absolute Gasteiger partial charge is 0.267 e. The van der Waals surface area contributed by atoms with Gasteiger partial charge in [-0.3, -0.25) is 9.08 Å². The third-order valence-electron chi connectivity index (χ3n) is 4.57. The molecule has 0 bridgehead atoms. The highest BCUT2D eigenvalue weighted by Gasteiger charge is 2.28. The Morgan fingerprint density at radius 1 is 1.12 bits per heavy atom. The van der Waals surface area contributed by atoms with Gasteiger partial charge in [0, 0.05) is 25.6 Å². The minimum absolute atomic E-state index is 0.0992. The summed E-state index contributed by atoms with van der Waals surface area (Å²) >= 11 is 0. The molecule has 0 fully saturated rings. The highest BCUT2D eigenvalue weighted by Crippen LogP contribution is 2.30. The lowest BCUT2D eigenvalue weighted by molar-refractivity contribution is 0.262. The van der Waals surface area contributed by atoms with Gasteiger partial charge in [0.1, 0.15) is 5.82 Å². The Kier molecular flexibility index (Phi) is 5.86. The van der Waals surface area contributed by atoms with Crippen molar-refractivity contribution in [1.29, 1.82) is 0 Å². The Bertz CT molecular complexity index is 864. The third-order valence-corrected chi connectivity index (χ3v) is 5.89. The molecule has 6 heteroatoms. The van der Waals surface area contributed by atoms with E-state index in [1.165, 1.54) is 24.8 Å². The topological polar surface area (TPSA) is 46.6 Å². The fourth-order valence-electron chi connectivity index (χ4n) is 3.30. The number of benzene rings is 2. The normalized spacial score (nSPS) is 18.5. The van der Waals surface area contributed by atoms with Crippen molar-refractivity contribution in [2.45, 2.75) is 6.54 Å². The number of hydrogen-bond donors (Lipinski definition) is 0. The summed E-state index contributed by atoms with van der Waals surface area (Å²) in [5, 5.41) is 0. The number of nitrogens with zero attached hydrogens (tertiary/aromatic N) is 1. The van der Waals surface area contributed by atoms with Gasteiger partial charge in [-0.2, -0.15) is 8.42 Å². The minimum Gasteiger partial charge on any atom is -0.295 e. The Morgan fingerprint density at radius 2 is 1.81 bits per heavy atom. The van der Waals surface area contributed by atoms with Crippen molar-refractivity contribution in [3.63, 3.8) is 0 Å². The van der Waals surface area contributed by atoms with Crippen molar-refractivity contribution in [2.24, 2.45) is 5.92 Å². The van der Waals surface area contributed by atoms with Gasteiger partial charge >= 0.3 is 0 Å². The summed E-state index contributed by atoms with van der Waals surface area (Å²) < 4.78 is 42.0. The molecule has 0 aromatic heterocycles. The Balaban J connectivity index is 1.85. The van der Waals surface area contributed by atoms with Gasteiger partial charge in [-0.1, -0.05) is 48.5 Å². The maximum Gasteiger partial charge on any atom is 0.267 e. The first-order valence-corrected chi connectivity index (χ1v) is 10.0. The summed E-state index contributed by atoms with van der Waals surface area (Å²) in [5.41, 5.74) is 2.96. The molecule has 1 unspecified atom stereocenters. The lowest BCUT2D eigenvalue weighted by Gasteiger charge is -2.33. The quantitative estimate of drug-likeness (QED) is 0.727. The van der Waals surface area contributed by atoms with Crippen LogP contribution < -0.4 is 0 Å². The first-order chi connectivity index (χ1) is 12.5. The molecule has 0 saturated heterocycles. The summed E-state index contributed by atoms with van der Waals surface area (Å²) in [6, 6.07) is 16.3. The highest BCUT2D eigenvalue weighted by molar-refractivity contribution is 7.86. The summed E-state index contributed by atoms with van der Waals surface area (Å²) in [5.74, 6) is -0.641. The number of hydrogen-bond acceptors (Lipinski definition) is 4. The molecule has 0 saturated carbocycles. The van der Waals surface area contributed by atoms with Gasteiger partial charge in [-0.05, 0) is 28.8 Å². The molecule has 26 heavy (non-hydrogen) atoms. The van der Waals surface area contributed by atoms with E-state index in [0.29, 0.717) is 13.1 Å². The lowest BCUT2D eigenvalue weighted by Crippen LogP contribution is -2.37. The molecular formula is C20H22FNO3S. The van der Waals surface area contributed by atoms with E-state index in [9.17, 15) is 12.8 Å². The van der Waals surface area contributed by atoms with Gasteiger partial charge in [0.25, 0.3) is 10.1 Å². The van der Waals surface area contributed by atoms with Crippen molar-refractivity contribution in [3.05, 3.63) is 77.6 Å². The molecule has 3 rings (SSSR count). The molecule has 138 valence electrons. The van der Waals surface area contributed by atoms with E-state index in [1.807, 2.05) is 24.3 Å². The van der Waals surface area contributed by atoms with Crippen LogP contribution in [0.15, 0.2) is 60.7 Å². The summed E-state index contributed by atoms with van der Waals surface area (Å²) in [6.07, 6.45) is 2.04. The molecule has 4 nitrogen and oxygen atoms in total. The number of rotatable bonds is 6. The SMILES string of the molecule is COS(=O)(=O)CC1CN(Cc2ccccc2)CC=C1c1ccc(F)cc1. The van der Waals surface area contributed by atoms with E-state index in [0.717, 1.165) is 17.7 Å². The predicted molar refractivity (Wildman–Crippen MR) is 100 cm³/mol. The van der Waals surface area contributed by atoms with Gasteiger partial charge < -0.3 is 0 Å². The second-order valence-corrected chi connectivity index (χ2v) is 8.22. The first kappa shape index (κ1) is 18.8. The van der Waals surface area contributed by atoms with E-state index < -0.39 is 10.1 Å². The van der Waals surface area contributed by atoms with Crippen LogP contribution in [-0.2, 0) is 20.8 Å². The van der Waals surface area contributed by atoms with E-state index >= 15 is 0 Å². The van der Waals surface area contributed by atoms with Crippen molar-refractivity contribution in [3.8, 4) is 0 Å². The van der Waals surface area contributed by atoms with Crippen LogP contribution in [0.4, 0.5) is 4.39 Å². The van der Waals surface area contributed by atoms with Crippen LogP contribution in [0, 0.1) is 11.7 Å². The molecule has 0 N–H and O–H groups in total. The predicted octanol–water partition coefficient (Wildman–Crippen LogP) is 3.32. The van der Waals surface area contributed by atoms with Crippen LogP contribution in [0.1, 0.15) is 11.1 Å². The Morgan fingerprint density at radius 3 is 2.46 bits per heavy atom. The van der Waals surface area contributed by atoms with Crippen LogP contribution in [-0.4, -0.2) is 39.3 Å². The molecule has 1 aliphatic rings. The van der Waals surface area contributed by atoms with Crippen LogP contribution in [0.2, 0.25) is 0 Å². The molecule has 0 radical (unpaired) electrons. The van der Waals surface area contributed by atoms with E-state index in [-0.39, 0.29) is 17.5 Å². The maximum atomic E-state index is 13.2. The fraction of sp³-hybridized carbons (Fsp3) is 0.300. The highest BCUT2D eigenvalue weighted by atomic mass is 32.2. The Hall–Kier alpha value is -2.02. The minimum atomic E-state index is -3.61. The van der Waals surface area contributed by atoms with Crippen molar-refractivity contribution >= 4 is 15.7 Å². The van der Waals surface area contributed by atoms with Gasteiger partial charge in [-0.25, -0.2) is 4.39 Å². The van der Waals surface area contributed by atoms with Crippen molar-refractivity contribution < 1.29 is 17.0 Å². The first-order valence-electron chi connectivity index (χ1n) is 8.47. The fourth-order valence-corrected chi connectivity index (χ4v) is 4.22. The monoisotopic (exact) mass is 375 g/mol. The molecule has 2 aromatic rings. The Labute approximate surface area is 154 Å². The van der Waals surface area contributed by atoms with Crippen molar-refractivity contribution in [1.82, 2.24) is 4.90 Å². The molecule has 0 aliphatic carbocycles. The third kappa shape index (κ3) is 4.78.